The fourth-order valence-electron chi connectivity index (χ4n) is 3.09. The van der Waals surface area contributed by atoms with Gasteiger partial charge in [0.1, 0.15) is 22.6 Å². The van der Waals surface area contributed by atoms with Crippen molar-refractivity contribution in [1.82, 2.24) is 10.3 Å². The van der Waals surface area contributed by atoms with E-state index in [4.69, 9.17) is 21.1 Å². The first kappa shape index (κ1) is 18.5. The molecule has 2 unspecified atom stereocenters. The predicted molar refractivity (Wildman–Crippen MR) is 100 cm³/mol. The monoisotopic (exact) mass is 374 g/mol. The number of pyridine rings is 1. The number of aromatic nitrogens is 1. The molecule has 138 valence electrons. The molecule has 0 fully saturated rings. The number of rotatable bonds is 3. The molecule has 2 atom stereocenters. The smallest absolute Gasteiger partial charge is 0.408 e. The first-order chi connectivity index (χ1) is 12.3. The molecule has 26 heavy (non-hydrogen) atoms. The van der Waals surface area contributed by atoms with Gasteiger partial charge < -0.3 is 14.8 Å². The summed E-state index contributed by atoms with van der Waals surface area (Å²) in [6.07, 6.45) is 2.66. The Morgan fingerprint density at radius 3 is 2.62 bits per heavy atom. The Balaban J connectivity index is 1.77. The Kier molecular flexibility index (Phi) is 5.37. The van der Waals surface area contributed by atoms with Gasteiger partial charge in [-0.1, -0.05) is 35.9 Å². The van der Waals surface area contributed by atoms with Gasteiger partial charge in [0.25, 0.3) is 0 Å². The van der Waals surface area contributed by atoms with Crippen molar-refractivity contribution >= 4 is 17.7 Å². The number of hydrogen-bond donors (Lipinski definition) is 1. The Morgan fingerprint density at radius 1 is 1.19 bits per heavy atom. The van der Waals surface area contributed by atoms with Crippen molar-refractivity contribution in [3.63, 3.8) is 0 Å². The van der Waals surface area contributed by atoms with Gasteiger partial charge in [-0.25, -0.2) is 9.78 Å². The van der Waals surface area contributed by atoms with E-state index in [0.29, 0.717) is 10.9 Å². The zero-order valence-electron chi connectivity index (χ0n) is 15.2. The van der Waals surface area contributed by atoms with Gasteiger partial charge in [-0.05, 0) is 50.8 Å². The van der Waals surface area contributed by atoms with Crippen LogP contribution in [0, 0.1) is 0 Å². The molecule has 0 bridgehead atoms. The van der Waals surface area contributed by atoms with Crippen molar-refractivity contribution < 1.29 is 14.3 Å². The van der Waals surface area contributed by atoms with Crippen molar-refractivity contribution in [3.05, 3.63) is 58.9 Å². The molecule has 1 aromatic carbocycles. The van der Waals surface area contributed by atoms with Crippen LogP contribution in [0.4, 0.5) is 4.79 Å². The van der Waals surface area contributed by atoms with Gasteiger partial charge in [0.05, 0.1) is 6.04 Å². The van der Waals surface area contributed by atoms with Crippen LogP contribution in [-0.4, -0.2) is 16.7 Å². The van der Waals surface area contributed by atoms with Crippen LogP contribution in [0.15, 0.2) is 42.6 Å². The number of amides is 1. The highest BCUT2D eigenvalue weighted by atomic mass is 35.5. The molecule has 0 saturated heterocycles. The van der Waals surface area contributed by atoms with Gasteiger partial charge in [-0.2, -0.15) is 0 Å². The molecule has 0 spiro atoms. The third-order valence-corrected chi connectivity index (χ3v) is 4.31. The first-order valence-electron chi connectivity index (χ1n) is 8.68. The number of ether oxygens (including phenoxy) is 2. The number of carbonyl (C=O) groups is 1. The number of nitrogens with zero attached hydrogens (tertiary/aromatic N) is 1. The van der Waals surface area contributed by atoms with Crippen LogP contribution < -0.4 is 10.1 Å². The Hall–Kier alpha value is -2.27. The van der Waals surface area contributed by atoms with Crippen LogP contribution in [0.2, 0.25) is 5.15 Å². The molecule has 0 radical (unpaired) electrons. The largest absolute Gasteiger partial charge is 0.486 e. The van der Waals surface area contributed by atoms with E-state index >= 15 is 0 Å². The topological polar surface area (TPSA) is 60.5 Å². The van der Waals surface area contributed by atoms with Crippen molar-refractivity contribution in [2.75, 3.05) is 0 Å². The van der Waals surface area contributed by atoms with Crippen LogP contribution in [0.5, 0.6) is 5.75 Å². The molecule has 0 aliphatic heterocycles. The van der Waals surface area contributed by atoms with Gasteiger partial charge in [0, 0.05) is 12.3 Å². The number of nitrogens with one attached hydrogen (secondary N) is 1. The van der Waals surface area contributed by atoms with E-state index in [1.54, 1.807) is 18.3 Å². The lowest BCUT2D eigenvalue weighted by molar-refractivity contribution is 0.0489. The maximum Gasteiger partial charge on any atom is 0.408 e. The highest BCUT2D eigenvalue weighted by Gasteiger charge is 2.30. The predicted octanol–water partition coefficient (Wildman–Crippen LogP) is 5.21. The summed E-state index contributed by atoms with van der Waals surface area (Å²) in [4.78, 5) is 16.1. The maximum absolute atomic E-state index is 12.2. The van der Waals surface area contributed by atoms with Crippen LogP contribution >= 0.6 is 11.6 Å². The lowest BCUT2D eigenvalue weighted by Crippen LogP contribution is -2.37. The number of fused-ring (bicyclic) bond motifs is 1. The second-order valence-corrected chi connectivity index (χ2v) is 7.71. The van der Waals surface area contributed by atoms with Crippen LogP contribution in [0.3, 0.4) is 0 Å². The second-order valence-electron chi connectivity index (χ2n) is 7.33. The third kappa shape index (κ3) is 4.67. The number of benzene rings is 1. The van der Waals surface area contributed by atoms with E-state index in [9.17, 15) is 4.79 Å². The second kappa shape index (κ2) is 7.54. The highest BCUT2D eigenvalue weighted by Crippen LogP contribution is 2.39. The standard InChI is InChI=1S/C20H23ClN2O3/c1-20(2,3)26-19(24)23-16-8-9-17(15-7-5-4-6-14(15)16)25-13-10-11-22-18(21)12-13/h4-7,10-12,16-17H,8-9H2,1-3H3,(H,23,24). The van der Waals surface area contributed by atoms with Gasteiger partial charge >= 0.3 is 6.09 Å². The van der Waals surface area contributed by atoms with E-state index in [2.05, 4.69) is 10.3 Å². The molecule has 6 heteroatoms. The van der Waals surface area contributed by atoms with Gasteiger partial charge in [-0.15, -0.1) is 0 Å². The average molecular weight is 375 g/mol. The quantitative estimate of drug-likeness (QED) is 0.748. The van der Waals surface area contributed by atoms with Crippen molar-refractivity contribution in [3.8, 4) is 5.75 Å². The summed E-state index contributed by atoms with van der Waals surface area (Å²) in [5.74, 6) is 0.684. The Morgan fingerprint density at radius 2 is 1.92 bits per heavy atom. The third-order valence-electron chi connectivity index (χ3n) is 4.10. The molecular formula is C20H23ClN2O3. The minimum Gasteiger partial charge on any atom is -0.486 e. The van der Waals surface area contributed by atoms with Crippen molar-refractivity contribution in [1.29, 1.82) is 0 Å². The molecule has 1 aromatic heterocycles. The summed E-state index contributed by atoms with van der Waals surface area (Å²) in [6.45, 7) is 5.56. The first-order valence-corrected chi connectivity index (χ1v) is 9.06. The molecule has 1 aliphatic rings. The maximum atomic E-state index is 12.2. The number of carbonyl (C=O) groups excluding carboxylic acids is 1. The normalized spacial score (nSPS) is 19.4. The molecule has 2 aromatic rings. The molecule has 5 nitrogen and oxygen atoms in total. The fraction of sp³-hybridized carbons (Fsp3) is 0.400. The van der Waals surface area contributed by atoms with Crippen LogP contribution in [-0.2, 0) is 4.74 Å². The zero-order valence-corrected chi connectivity index (χ0v) is 15.9. The van der Waals surface area contributed by atoms with Crippen molar-refractivity contribution in [2.24, 2.45) is 0 Å². The molecule has 1 amide bonds. The fourth-order valence-corrected chi connectivity index (χ4v) is 3.26. The summed E-state index contributed by atoms with van der Waals surface area (Å²) < 4.78 is 11.5. The van der Waals surface area contributed by atoms with Crippen LogP contribution in [0.1, 0.15) is 56.9 Å². The van der Waals surface area contributed by atoms with Gasteiger partial charge in [-0.3, -0.25) is 0 Å². The van der Waals surface area contributed by atoms with E-state index < -0.39 is 11.7 Å². The molecular weight excluding hydrogens is 352 g/mol. The van der Waals surface area contributed by atoms with Gasteiger partial charge in [0.15, 0.2) is 0 Å². The minimum atomic E-state index is -0.523. The molecule has 1 N–H and O–H groups in total. The lowest BCUT2D eigenvalue weighted by Gasteiger charge is -2.32. The number of halogens is 1. The summed E-state index contributed by atoms with van der Waals surface area (Å²) in [6, 6.07) is 11.4. The van der Waals surface area contributed by atoms with E-state index in [1.165, 1.54) is 0 Å². The molecule has 1 heterocycles. The molecule has 0 saturated carbocycles. The number of hydrogen-bond acceptors (Lipinski definition) is 4. The molecule has 3 rings (SSSR count). The summed E-state index contributed by atoms with van der Waals surface area (Å²) in [7, 11) is 0. The van der Waals surface area contributed by atoms with Gasteiger partial charge in [0.2, 0.25) is 0 Å². The lowest BCUT2D eigenvalue weighted by atomic mass is 9.85. The van der Waals surface area contributed by atoms with E-state index in [1.807, 2.05) is 45.0 Å². The summed E-state index contributed by atoms with van der Waals surface area (Å²) in [5.41, 5.74) is 1.59. The zero-order chi connectivity index (χ0) is 18.7. The summed E-state index contributed by atoms with van der Waals surface area (Å²) >= 11 is 5.94. The summed E-state index contributed by atoms with van der Waals surface area (Å²) in [5, 5.41) is 3.38. The SMILES string of the molecule is CC(C)(C)OC(=O)NC1CCC(Oc2ccnc(Cl)c2)c2ccccc21. The Labute approximate surface area is 158 Å². The molecule has 1 aliphatic carbocycles. The average Bonchev–Trinajstić information content (AvgIpc) is 2.55. The minimum absolute atomic E-state index is 0.0954. The van der Waals surface area contributed by atoms with E-state index in [-0.39, 0.29) is 12.1 Å². The van der Waals surface area contributed by atoms with Crippen molar-refractivity contribution in [2.45, 2.75) is 51.4 Å². The number of alkyl carbamates (subject to hydrolysis) is 1. The van der Waals surface area contributed by atoms with E-state index in [0.717, 1.165) is 24.0 Å². The highest BCUT2D eigenvalue weighted by molar-refractivity contribution is 6.29. The van der Waals surface area contributed by atoms with Crippen LogP contribution in [0.25, 0.3) is 0 Å². The Bertz CT molecular complexity index is 789.